The van der Waals surface area contributed by atoms with Gasteiger partial charge >= 0.3 is 0 Å². The molecule has 0 aliphatic rings. The molecule has 7 heteroatoms. The average Bonchev–Trinajstić information content (AvgIpc) is 2.65. The molecule has 0 aliphatic heterocycles. The van der Waals surface area contributed by atoms with Crippen molar-refractivity contribution in [2.24, 2.45) is 0 Å². The maximum absolute atomic E-state index is 14.0. The van der Waals surface area contributed by atoms with Gasteiger partial charge in [0.25, 0.3) is 11.5 Å². The molecule has 134 valence electrons. The minimum Gasteiger partial charge on any atom is -0.383 e. The van der Waals surface area contributed by atoms with Crippen LogP contribution in [0.2, 0.25) is 0 Å². The van der Waals surface area contributed by atoms with E-state index in [2.05, 4.69) is 9.97 Å². The lowest BCUT2D eigenvalue weighted by Gasteiger charge is -2.22. The van der Waals surface area contributed by atoms with Crippen LogP contribution in [0.15, 0.2) is 53.3 Å². The number of hydrogen-bond acceptors (Lipinski definition) is 4. The number of rotatable bonds is 6. The Bertz CT molecular complexity index is 987. The van der Waals surface area contributed by atoms with E-state index in [4.69, 9.17) is 4.74 Å². The van der Waals surface area contributed by atoms with Crippen LogP contribution in [0.1, 0.15) is 16.2 Å². The highest BCUT2D eigenvalue weighted by atomic mass is 19.1. The third kappa shape index (κ3) is 3.78. The number of H-pyrrole nitrogens is 1. The largest absolute Gasteiger partial charge is 0.383 e. The highest BCUT2D eigenvalue weighted by Crippen LogP contribution is 2.13. The van der Waals surface area contributed by atoms with E-state index >= 15 is 0 Å². The first-order valence-corrected chi connectivity index (χ1v) is 8.11. The quantitative estimate of drug-likeness (QED) is 0.736. The zero-order chi connectivity index (χ0) is 18.5. The average molecular weight is 355 g/mol. The van der Waals surface area contributed by atoms with Gasteiger partial charge in [0.15, 0.2) is 0 Å². The van der Waals surface area contributed by atoms with Crippen molar-refractivity contribution >= 4 is 16.8 Å². The number of carbonyl (C=O) groups excluding carboxylic acids is 1. The van der Waals surface area contributed by atoms with E-state index in [1.54, 1.807) is 30.3 Å². The zero-order valence-corrected chi connectivity index (χ0v) is 14.2. The van der Waals surface area contributed by atoms with E-state index in [0.29, 0.717) is 16.7 Å². The second-order valence-corrected chi connectivity index (χ2v) is 5.73. The third-order valence-electron chi connectivity index (χ3n) is 3.96. The third-order valence-corrected chi connectivity index (χ3v) is 3.96. The molecule has 0 saturated carbocycles. The summed E-state index contributed by atoms with van der Waals surface area (Å²) in [5, 5.41) is 0.472. The van der Waals surface area contributed by atoms with Crippen molar-refractivity contribution in [3.63, 3.8) is 0 Å². The molecular formula is C19H18FN3O3. The van der Waals surface area contributed by atoms with Gasteiger partial charge in [0.2, 0.25) is 0 Å². The van der Waals surface area contributed by atoms with Crippen molar-refractivity contribution in [1.82, 2.24) is 14.9 Å². The number of nitrogens with zero attached hydrogens (tertiary/aromatic N) is 2. The summed E-state index contributed by atoms with van der Waals surface area (Å²) in [6.45, 7) is 0.550. The van der Waals surface area contributed by atoms with Crippen LogP contribution >= 0.6 is 0 Å². The maximum atomic E-state index is 14.0. The van der Waals surface area contributed by atoms with Crippen molar-refractivity contribution in [1.29, 1.82) is 0 Å². The van der Waals surface area contributed by atoms with E-state index in [1.165, 1.54) is 30.2 Å². The van der Waals surface area contributed by atoms with Gasteiger partial charge in [0, 0.05) is 13.7 Å². The minimum atomic E-state index is -0.597. The first-order valence-electron chi connectivity index (χ1n) is 8.11. The Hall–Kier alpha value is -3.06. The monoisotopic (exact) mass is 355 g/mol. The molecule has 0 saturated heterocycles. The lowest BCUT2D eigenvalue weighted by Crippen LogP contribution is -2.35. The maximum Gasteiger partial charge on any atom is 0.258 e. The van der Waals surface area contributed by atoms with Crippen molar-refractivity contribution in [3.8, 4) is 0 Å². The van der Waals surface area contributed by atoms with Crippen molar-refractivity contribution in [2.45, 2.75) is 6.54 Å². The molecule has 1 amide bonds. The van der Waals surface area contributed by atoms with Gasteiger partial charge in [-0.15, -0.1) is 0 Å². The standard InChI is InChI=1S/C19H18FN3O3/c1-26-11-10-23(19(25)13-6-2-4-8-15(13)20)12-17-21-16-9-5-3-7-14(16)18(24)22-17/h2-9H,10-12H2,1H3,(H,21,22,24). The Morgan fingerprint density at radius 3 is 2.69 bits per heavy atom. The van der Waals surface area contributed by atoms with E-state index in [1.807, 2.05) is 0 Å². The second kappa shape index (κ2) is 7.88. The Morgan fingerprint density at radius 2 is 1.92 bits per heavy atom. The molecule has 0 fully saturated rings. The number of nitrogens with one attached hydrogen (secondary N) is 1. The summed E-state index contributed by atoms with van der Waals surface area (Å²) in [6, 6.07) is 12.7. The first kappa shape index (κ1) is 17.8. The van der Waals surface area contributed by atoms with Gasteiger partial charge in [-0.25, -0.2) is 9.37 Å². The Balaban J connectivity index is 1.93. The predicted molar refractivity (Wildman–Crippen MR) is 95.4 cm³/mol. The summed E-state index contributed by atoms with van der Waals surface area (Å²) in [5.41, 5.74) is 0.221. The van der Waals surface area contributed by atoms with Gasteiger partial charge < -0.3 is 14.6 Å². The summed E-state index contributed by atoms with van der Waals surface area (Å²) >= 11 is 0. The lowest BCUT2D eigenvalue weighted by molar-refractivity contribution is 0.0670. The molecule has 0 aliphatic carbocycles. The number of benzene rings is 2. The van der Waals surface area contributed by atoms with Crippen LogP contribution in [0, 0.1) is 5.82 Å². The van der Waals surface area contributed by atoms with Gasteiger partial charge in [-0.1, -0.05) is 24.3 Å². The van der Waals surface area contributed by atoms with Gasteiger partial charge in [0.1, 0.15) is 11.6 Å². The number of methoxy groups -OCH3 is 1. The van der Waals surface area contributed by atoms with Crippen LogP contribution in [0.3, 0.4) is 0 Å². The molecule has 0 spiro atoms. The fourth-order valence-corrected chi connectivity index (χ4v) is 2.65. The topological polar surface area (TPSA) is 75.3 Å². The summed E-state index contributed by atoms with van der Waals surface area (Å²) < 4.78 is 19.0. The number of aromatic nitrogens is 2. The molecule has 3 rings (SSSR count). The molecule has 0 bridgehead atoms. The van der Waals surface area contributed by atoms with Crippen LogP contribution in [0.5, 0.6) is 0 Å². The molecule has 3 aromatic rings. The van der Waals surface area contributed by atoms with Crippen LogP contribution in [0.25, 0.3) is 10.9 Å². The number of fused-ring (bicyclic) bond motifs is 1. The smallest absolute Gasteiger partial charge is 0.258 e. The zero-order valence-electron chi connectivity index (χ0n) is 14.2. The Kier molecular flexibility index (Phi) is 5.38. The molecule has 0 radical (unpaired) electrons. The van der Waals surface area contributed by atoms with Gasteiger partial charge in [0.05, 0.1) is 29.6 Å². The fourth-order valence-electron chi connectivity index (χ4n) is 2.65. The molecule has 2 aromatic carbocycles. The van der Waals surface area contributed by atoms with E-state index < -0.39 is 11.7 Å². The van der Waals surface area contributed by atoms with Gasteiger partial charge in [-0.2, -0.15) is 0 Å². The minimum absolute atomic E-state index is 0.0354. The molecule has 0 atom stereocenters. The first-order chi connectivity index (χ1) is 12.6. The summed E-state index contributed by atoms with van der Waals surface area (Å²) in [5.74, 6) is -0.759. The predicted octanol–water partition coefficient (Wildman–Crippen LogP) is 2.35. The number of ether oxygens (including phenoxy) is 1. The number of aromatic amines is 1. The molecule has 26 heavy (non-hydrogen) atoms. The lowest BCUT2D eigenvalue weighted by atomic mass is 10.2. The van der Waals surface area contributed by atoms with Gasteiger partial charge in [-0.05, 0) is 24.3 Å². The Labute approximate surface area is 149 Å². The Morgan fingerprint density at radius 1 is 1.19 bits per heavy atom. The molecule has 1 aromatic heterocycles. The molecule has 1 heterocycles. The highest BCUT2D eigenvalue weighted by Gasteiger charge is 2.20. The SMILES string of the molecule is COCCN(Cc1nc2ccccc2c(=O)[nH]1)C(=O)c1ccccc1F. The summed E-state index contributed by atoms with van der Waals surface area (Å²) in [6.07, 6.45) is 0. The fraction of sp³-hybridized carbons (Fsp3) is 0.211. The summed E-state index contributed by atoms with van der Waals surface area (Å²) in [7, 11) is 1.52. The van der Waals surface area contributed by atoms with E-state index in [9.17, 15) is 14.0 Å². The summed E-state index contributed by atoms with van der Waals surface area (Å²) in [4.78, 5) is 33.4. The number of hydrogen-bond donors (Lipinski definition) is 1. The normalized spacial score (nSPS) is 10.8. The second-order valence-electron chi connectivity index (χ2n) is 5.73. The molecular weight excluding hydrogens is 337 g/mol. The van der Waals surface area contributed by atoms with Gasteiger partial charge in [-0.3, -0.25) is 9.59 Å². The van der Waals surface area contributed by atoms with Crippen LogP contribution in [-0.2, 0) is 11.3 Å². The number of amides is 1. The number of halogens is 1. The van der Waals surface area contributed by atoms with E-state index in [-0.39, 0.29) is 30.8 Å². The van der Waals surface area contributed by atoms with E-state index in [0.717, 1.165) is 0 Å². The van der Waals surface area contributed by atoms with Crippen molar-refractivity contribution < 1.29 is 13.9 Å². The van der Waals surface area contributed by atoms with Crippen LogP contribution in [-0.4, -0.2) is 41.0 Å². The van der Waals surface area contributed by atoms with Crippen molar-refractivity contribution in [2.75, 3.05) is 20.3 Å². The molecule has 0 unspecified atom stereocenters. The number of carbonyl (C=O) groups is 1. The molecule has 1 N–H and O–H groups in total. The highest BCUT2D eigenvalue weighted by molar-refractivity contribution is 5.94. The molecule has 6 nitrogen and oxygen atoms in total. The number of para-hydroxylation sites is 1. The van der Waals surface area contributed by atoms with Crippen LogP contribution in [0.4, 0.5) is 4.39 Å². The van der Waals surface area contributed by atoms with Crippen molar-refractivity contribution in [3.05, 3.63) is 76.1 Å². The van der Waals surface area contributed by atoms with Crippen LogP contribution < -0.4 is 5.56 Å².